The van der Waals surface area contributed by atoms with Crippen LogP contribution in [-0.4, -0.2) is 74.4 Å². The number of hydrogen-bond acceptors (Lipinski definition) is 3. The van der Waals surface area contributed by atoms with Crippen LogP contribution in [0.25, 0.3) is 0 Å². The quantitative estimate of drug-likeness (QED) is 0.242. The molecule has 0 radical (unpaired) electrons. The molecular formula is C20H32F3IN4O. The van der Waals surface area contributed by atoms with Crippen molar-refractivity contribution >= 4 is 29.9 Å². The second kappa shape index (κ2) is 13.3. The van der Waals surface area contributed by atoms with E-state index in [4.69, 9.17) is 4.74 Å². The minimum absolute atomic E-state index is 0. The van der Waals surface area contributed by atoms with Gasteiger partial charge in [0.15, 0.2) is 5.96 Å². The first kappa shape index (κ1) is 26.0. The normalized spacial score (nSPS) is 17.0. The lowest BCUT2D eigenvalue weighted by Gasteiger charge is -2.39. The van der Waals surface area contributed by atoms with E-state index in [1.807, 2.05) is 35.2 Å². The van der Waals surface area contributed by atoms with E-state index in [2.05, 4.69) is 10.3 Å². The highest BCUT2D eigenvalue weighted by Gasteiger charge is 2.41. The first-order valence-corrected chi connectivity index (χ1v) is 9.80. The largest absolute Gasteiger partial charge is 0.403 e. The lowest BCUT2D eigenvalue weighted by atomic mass is 10.2. The van der Waals surface area contributed by atoms with E-state index in [9.17, 15) is 13.2 Å². The molecule has 0 aromatic heterocycles. The number of alkyl halides is 3. The summed E-state index contributed by atoms with van der Waals surface area (Å²) in [6.07, 6.45) is -2.29. The van der Waals surface area contributed by atoms with Crippen LogP contribution in [0.4, 0.5) is 13.2 Å². The van der Waals surface area contributed by atoms with Gasteiger partial charge in [-0.1, -0.05) is 30.3 Å². The van der Waals surface area contributed by atoms with Crippen LogP contribution in [0.1, 0.15) is 25.3 Å². The van der Waals surface area contributed by atoms with Crippen LogP contribution in [0.2, 0.25) is 0 Å². The third-order valence-electron chi connectivity index (χ3n) is 4.96. The third kappa shape index (κ3) is 9.08. The van der Waals surface area contributed by atoms with Gasteiger partial charge in [-0.25, -0.2) is 0 Å². The Morgan fingerprint density at radius 1 is 1.14 bits per heavy atom. The number of aliphatic imine (C=N–C) groups is 1. The van der Waals surface area contributed by atoms with Gasteiger partial charge >= 0.3 is 6.18 Å². The zero-order valence-electron chi connectivity index (χ0n) is 17.1. The number of rotatable bonds is 8. The van der Waals surface area contributed by atoms with Crippen molar-refractivity contribution in [3.8, 4) is 0 Å². The van der Waals surface area contributed by atoms with Crippen LogP contribution >= 0.6 is 24.0 Å². The molecule has 1 saturated heterocycles. The summed E-state index contributed by atoms with van der Waals surface area (Å²) >= 11 is 0. The van der Waals surface area contributed by atoms with Crippen molar-refractivity contribution in [2.75, 3.05) is 46.4 Å². The number of halogens is 4. The van der Waals surface area contributed by atoms with Crippen molar-refractivity contribution in [2.24, 2.45) is 4.99 Å². The van der Waals surface area contributed by atoms with Crippen molar-refractivity contribution in [3.63, 3.8) is 0 Å². The van der Waals surface area contributed by atoms with Crippen LogP contribution in [0.15, 0.2) is 35.3 Å². The van der Waals surface area contributed by atoms with Gasteiger partial charge in [-0.15, -0.1) is 24.0 Å². The molecular weight excluding hydrogens is 496 g/mol. The molecule has 5 nitrogen and oxygen atoms in total. The fourth-order valence-corrected chi connectivity index (χ4v) is 3.15. The fraction of sp³-hybridized carbons (Fsp3) is 0.650. The molecule has 1 atom stereocenters. The van der Waals surface area contributed by atoms with Crippen molar-refractivity contribution < 1.29 is 17.9 Å². The van der Waals surface area contributed by atoms with Gasteiger partial charge in [0.05, 0.1) is 6.61 Å². The molecule has 1 aromatic carbocycles. The van der Waals surface area contributed by atoms with E-state index in [1.165, 1.54) is 17.4 Å². The SMILES string of the molecule is CN=C(NCCCCOCc1ccccc1)N1CCN(C(C)C(F)(F)F)CC1.I. The lowest BCUT2D eigenvalue weighted by Crippen LogP contribution is -2.56. The Kier molecular flexibility index (Phi) is 11.9. The van der Waals surface area contributed by atoms with Crippen LogP contribution in [0.5, 0.6) is 0 Å². The number of nitrogens with one attached hydrogen (secondary N) is 1. The van der Waals surface area contributed by atoms with Crippen molar-refractivity contribution in [3.05, 3.63) is 35.9 Å². The highest BCUT2D eigenvalue weighted by molar-refractivity contribution is 14.0. The number of benzene rings is 1. The number of unbranched alkanes of at least 4 members (excludes halogenated alkanes) is 1. The molecule has 1 aliphatic heterocycles. The van der Waals surface area contributed by atoms with Gasteiger partial charge in [0.1, 0.15) is 6.04 Å². The van der Waals surface area contributed by atoms with Gasteiger partial charge in [-0.3, -0.25) is 9.89 Å². The molecule has 1 aliphatic rings. The molecule has 1 fully saturated rings. The summed E-state index contributed by atoms with van der Waals surface area (Å²) in [5.41, 5.74) is 1.17. The average Bonchev–Trinajstić information content (AvgIpc) is 2.70. The molecule has 2 rings (SSSR count). The summed E-state index contributed by atoms with van der Waals surface area (Å²) in [4.78, 5) is 7.76. The van der Waals surface area contributed by atoms with Gasteiger partial charge in [0.25, 0.3) is 0 Å². The Hall–Kier alpha value is -1.07. The van der Waals surface area contributed by atoms with Gasteiger partial charge in [0, 0.05) is 46.4 Å². The Morgan fingerprint density at radius 3 is 2.38 bits per heavy atom. The number of nitrogens with zero attached hydrogens (tertiary/aromatic N) is 3. The first-order valence-electron chi connectivity index (χ1n) is 9.80. The van der Waals surface area contributed by atoms with Gasteiger partial charge < -0.3 is 15.0 Å². The summed E-state index contributed by atoms with van der Waals surface area (Å²) in [6, 6.07) is 8.66. The number of hydrogen-bond donors (Lipinski definition) is 1. The summed E-state index contributed by atoms with van der Waals surface area (Å²) in [5.74, 6) is 0.754. The zero-order valence-corrected chi connectivity index (χ0v) is 19.5. The molecule has 1 N–H and O–H groups in total. The van der Waals surface area contributed by atoms with Crippen molar-refractivity contribution in [1.82, 2.24) is 15.1 Å². The van der Waals surface area contributed by atoms with E-state index in [1.54, 1.807) is 7.05 Å². The Labute approximate surface area is 188 Å². The van der Waals surface area contributed by atoms with Crippen molar-refractivity contribution in [1.29, 1.82) is 0 Å². The third-order valence-corrected chi connectivity index (χ3v) is 4.96. The van der Waals surface area contributed by atoms with Crippen LogP contribution in [0, 0.1) is 0 Å². The average molecular weight is 528 g/mol. The van der Waals surface area contributed by atoms with Crippen LogP contribution in [-0.2, 0) is 11.3 Å². The molecule has 9 heteroatoms. The van der Waals surface area contributed by atoms with Gasteiger partial charge in [-0.05, 0) is 25.3 Å². The molecule has 0 bridgehead atoms. The van der Waals surface area contributed by atoms with E-state index in [0.29, 0.717) is 39.4 Å². The monoisotopic (exact) mass is 528 g/mol. The van der Waals surface area contributed by atoms with E-state index in [0.717, 1.165) is 25.3 Å². The molecule has 0 aliphatic carbocycles. The molecule has 1 heterocycles. The lowest BCUT2D eigenvalue weighted by molar-refractivity contribution is -0.181. The second-order valence-electron chi connectivity index (χ2n) is 6.96. The molecule has 0 amide bonds. The number of ether oxygens (including phenoxy) is 1. The Morgan fingerprint density at radius 2 is 1.79 bits per heavy atom. The van der Waals surface area contributed by atoms with E-state index < -0.39 is 12.2 Å². The maximum absolute atomic E-state index is 12.8. The molecule has 29 heavy (non-hydrogen) atoms. The summed E-state index contributed by atoms with van der Waals surface area (Å²) < 4.78 is 44.2. The highest BCUT2D eigenvalue weighted by atomic mass is 127. The number of piperazine rings is 1. The van der Waals surface area contributed by atoms with Gasteiger partial charge in [0.2, 0.25) is 0 Å². The Bertz CT molecular complexity index is 593. The Balaban J connectivity index is 0.00000420. The predicted octanol–water partition coefficient (Wildman–Crippen LogP) is 3.75. The summed E-state index contributed by atoms with van der Waals surface area (Å²) in [7, 11) is 1.70. The minimum Gasteiger partial charge on any atom is -0.377 e. The van der Waals surface area contributed by atoms with Crippen LogP contribution < -0.4 is 5.32 Å². The fourth-order valence-electron chi connectivity index (χ4n) is 3.15. The molecule has 0 spiro atoms. The number of guanidine groups is 1. The molecule has 0 saturated carbocycles. The molecule has 1 unspecified atom stereocenters. The second-order valence-corrected chi connectivity index (χ2v) is 6.96. The molecule has 1 aromatic rings. The van der Waals surface area contributed by atoms with E-state index in [-0.39, 0.29) is 24.0 Å². The molecule has 166 valence electrons. The standard InChI is InChI=1S/C20H31F3N4O.HI/c1-17(20(21,22)23)26-11-13-27(14-12-26)19(24-2)25-10-6-7-15-28-16-18-8-4-3-5-9-18;/h3-5,8-9,17H,6-7,10-16H2,1-2H3,(H,24,25);1H. The zero-order chi connectivity index (χ0) is 20.4. The first-order chi connectivity index (χ1) is 13.4. The predicted molar refractivity (Wildman–Crippen MR) is 121 cm³/mol. The van der Waals surface area contributed by atoms with E-state index >= 15 is 0 Å². The van der Waals surface area contributed by atoms with Crippen LogP contribution in [0.3, 0.4) is 0 Å². The van der Waals surface area contributed by atoms with Gasteiger partial charge in [-0.2, -0.15) is 13.2 Å². The summed E-state index contributed by atoms with van der Waals surface area (Å²) in [5, 5.41) is 3.30. The maximum Gasteiger partial charge on any atom is 0.403 e. The topological polar surface area (TPSA) is 40.1 Å². The summed E-state index contributed by atoms with van der Waals surface area (Å²) in [6.45, 7) is 5.16. The maximum atomic E-state index is 12.8. The highest BCUT2D eigenvalue weighted by Crippen LogP contribution is 2.25. The minimum atomic E-state index is -4.18. The smallest absolute Gasteiger partial charge is 0.377 e. The van der Waals surface area contributed by atoms with Crippen molar-refractivity contribution in [2.45, 2.75) is 38.6 Å².